The summed E-state index contributed by atoms with van der Waals surface area (Å²) in [5.74, 6) is 0.0128. The Labute approximate surface area is 139 Å². The first-order valence-corrected chi connectivity index (χ1v) is 8.39. The van der Waals surface area contributed by atoms with E-state index in [9.17, 15) is 14.7 Å². The number of aliphatic hydroxyl groups excluding tert-OH is 1. The number of hydrogen-bond acceptors (Lipinski definition) is 5. The average Bonchev–Trinajstić information content (AvgIpc) is 2.91. The van der Waals surface area contributed by atoms with Gasteiger partial charge in [-0.1, -0.05) is 18.2 Å². The smallest absolute Gasteiger partial charge is 0.414 e. The van der Waals surface area contributed by atoms with Crippen molar-refractivity contribution in [3.8, 4) is 0 Å². The van der Waals surface area contributed by atoms with Gasteiger partial charge in [0.2, 0.25) is 4.87 Å². The quantitative estimate of drug-likeness (QED) is 0.786. The van der Waals surface area contributed by atoms with E-state index in [0.29, 0.717) is 5.56 Å². The van der Waals surface area contributed by atoms with E-state index in [1.165, 1.54) is 21.6 Å². The van der Waals surface area contributed by atoms with Crippen LogP contribution in [0.25, 0.3) is 0 Å². The molecule has 0 unspecified atom stereocenters. The highest BCUT2D eigenvalue weighted by molar-refractivity contribution is 8.01. The third-order valence-electron chi connectivity index (χ3n) is 3.89. The SMILES string of the molecule is CN1C(=O)[C@]2(SC[C@H](O)N2C(=O)OC(C)(C)C)c2ccccc21. The van der Waals surface area contributed by atoms with Crippen molar-refractivity contribution in [3.63, 3.8) is 0 Å². The molecule has 2 heterocycles. The number of thioether (sulfide) groups is 1. The summed E-state index contributed by atoms with van der Waals surface area (Å²) in [4.78, 5) is 27.1. The summed E-state index contributed by atoms with van der Waals surface area (Å²) >= 11 is 1.26. The van der Waals surface area contributed by atoms with Crippen molar-refractivity contribution in [2.45, 2.75) is 37.5 Å². The van der Waals surface area contributed by atoms with Gasteiger partial charge in [0.25, 0.3) is 5.91 Å². The van der Waals surface area contributed by atoms with Gasteiger partial charge in [0.05, 0.1) is 5.69 Å². The second-order valence-electron chi connectivity index (χ2n) is 6.67. The molecule has 0 aliphatic carbocycles. The molecule has 1 saturated heterocycles. The highest BCUT2D eigenvalue weighted by atomic mass is 32.2. The molecule has 2 atom stereocenters. The third-order valence-corrected chi connectivity index (χ3v) is 5.37. The molecule has 23 heavy (non-hydrogen) atoms. The van der Waals surface area contributed by atoms with Crippen molar-refractivity contribution in [1.82, 2.24) is 4.90 Å². The van der Waals surface area contributed by atoms with Crippen LogP contribution in [0.5, 0.6) is 0 Å². The van der Waals surface area contributed by atoms with Crippen LogP contribution >= 0.6 is 11.8 Å². The lowest BCUT2D eigenvalue weighted by Crippen LogP contribution is -2.54. The van der Waals surface area contributed by atoms with E-state index in [1.807, 2.05) is 24.3 Å². The van der Waals surface area contributed by atoms with Crippen LogP contribution in [0.4, 0.5) is 10.5 Å². The number of para-hydroxylation sites is 1. The van der Waals surface area contributed by atoms with Crippen LogP contribution in [-0.4, -0.2) is 46.6 Å². The summed E-state index contributed by atoms with van der Waals surface area (Å²) in [5.41, 5.74) is 0.741. The van der Waals surface area contributed by atoms with Crippen LogP contribution in [0.1, 0.15) is 26.3 Å². The summed E-state index contributed by atoms with van der Waals surface area (Å²) in [7, 11) is 1.68. The molecule has 1 N–H and O–H groups in total. The lowest BCUT2D eigenvalue weighted by atomic mass is 10.1. The van der Waals surface area contributed by atoms with Gasteiger partial charge in [-0.15, -0.1) is 11.8 Å². The van der Waals surface area contributed by atoms with Gasteiger partial charge in [-0.25, -0.2) is 4.79 Å². The second kappa shape index (κ2) is 5.14. The average molecular weight is 336 g/mol. The summed E-state index contributed by atoms with van der Waals surface area (Å²) in [6.45, 7) is 5.26. The first kappa shape index (κ1) is 16.1. The number of nitrogens with zero attached hydrogens (tertiary/aromatic N) is 2. The summed E-state index contributed by atoms with van der Waals surface area (Å²) < 4.78 is 5.42. The number of amides is 2. The van der Waals surface area contributed by atoms with Crippen LogP contribution in [0.3, 0.4) is 0 Å². The number of rotatable bonds is 0. The standard InChI is InChI=1S/C16H20N2O4S/c1-15(2,3)22-14(21)18-12(19)9-23-16(18)10-7-5-6-8-11(10)17(4)13(16)20/h5-8,12,19H,9H2,1-4H3/t12-,16+/m0/s1. The zero-order valence-electron chi connectivity index (χ0n) is 13.6. The Morgan fingerprint density at radius 2 is 2.04 bits per heavy atom. The van der Waals surface area contributed by atoms with Gasteiger partial charge in [0, 0.05) is 18.4 Å². The molecule has 0 radical (unpaired) electrons. The minimum atomic E-state index is -1.26. The molecule has 1 aromatic rings. The number of aliphatic hydroxyl groups is 1. The Hall–Kier alpha value is -1.73. The summed E-state index contributed by atoms with van der Waals surface area (Å²) in [6.07, 6.45) is -1.76. The van der Waals surface area contributed by atoms with Crippen LogP contribution in [0.2, 0.25) is 0 Å². The minimum absolute atomic E-state index is 0.244. The number of ether oxygens (including phenoxy) is 1. The van der Waals surface area contributed by atoms with E-state index in [4.69, 9.17) is 4.74 Å². The third kappa shape index (κ3) is 2.30. The second-order valence-corrected chi connectivity index (χ2v) is 7.88. The number of benzene rings is 1. The van der Waals surface area contributed by atoms with Crippen molar-refractivity contribution < 1.29 is 19.4 Å². The molecule has 2 amide bonds. The Bertz CT molecular complexity index is 672. The zero-order valence-corrected chi connectivity index (χ0v) is 14.4. The molecular weight excluding hydrogens is 316 g/mol. The Kier molecular flexibility index (Phi) is 3.61. The number of hydrogen-bond donors (Lipinski definition) is 1. The fourth-order valence-corrected chi connectivity index (χ4v) is 4.45. The maximum Gasteiger partial charge on any atom is 0.414 e. The predicted molar refractivity (Wildman–Crippen MR) is 88.1 cm³/mol. The number of carbonyl (C=O) groups excluding carboxylic acids is 2. The molecule has 124 valence electrons. The van der Waals surface area contributed by atoms with Gasteiger partial charge in [0.1, 0.15) is 11.8 Å². The monoisotopic (exact) mass is 336 g/mol. The predicted octanol–water partition coefficient (Wildman–Crippen LogP) is 2.12. The normalized spacial score (nSPS) is 26.8. The van der Waals surface area contributed by atoms with E-state index < -0.39 is 22.8 Å². The molecule has 0 aromatic heterocycles. The molecule has 0 bridgehead atoms. The molecule has 1 aromatic carbocycles. The summed E-state index contributed by atoms with van der Waals surface area (Å²) in [6, 6.07) is 7.32. The lowest BCUT2D eigenvalue weighted by molar-refractivity contribution is -0.128. The van der Waals surface area contributed by atoms with Gasteiger partial charge in [-0.3, -0.25) is 9.69 Å². The maximum atomic E-state index is 13.0. The Morgan fingerprint density at radius 3 is 2.70 bits per heavy atom. The molecule has 7 heteroatoms. The molecule has 2 aliphatic heterocycles. The van der Waals surface area contributed by atoms with Gasteiger partial charge in [-0.2, -0.15) is 0 Å². The number of fused-ring (bicyclic) bond motifs is 2. The van der Waals surface area contributed by atoms with E-state index in [-0.39, 0.29) is 11.7 Å². The molecule has 1 spiro atoms. The van der Waals surface area contributed by atoms with Crippen LogP contribution in [-0.2, 0) is 14.4 Å². The fourth-order valence-electron chi connectivity index (χ4n) is 2.99. The molecule has 0 saturated carbocycles. The molecular formula is C16H20N2O4S. The molecule has 2 aliphatic rings. The van der Waals surface area contributed by atoms with E-state index >= 15 is 0 Å². The van der Waals surface area contributed by atoms with Crippen LogP contribution in [0, 0.1) is 0 Å². The first-order valence-electron chi connectivity index (χ1n) is 7.40. The highest BCUT2D eigenvalue weighted by Gasteiger charge is 2.62. The van der Waals surface area contributed by atoms with E-state index in [1.54, 1.807) is 27.8 Å². The first-order chi connectivity index (χ1) is 10.7. The Balaban J connectivity index is 2.10. The van der Waals surface area contributed by atoms with E-state index in [2.05, 4.69) is 0 Å². The van der Waals surface area contributed by atoms with Gasteiger partial charge < -0.3 is 14.7 Å². The van der Waals surface area contributed by atoms with Gasteiger partial charge in [-0.05, 0) is 26.8 Å². The number of likely N-dealkylation sites (N-methyl/N-ethyl adjacent to an activating group) is 1. The number of carbonyl (C=O) groups is 2. The van der Waals surface area contributed by atoms with E-state index in [0.717, 1.165) is 5.69 Å². The fraction of sp³-hybridized carbons (Fsp3) is 0.500. The van der Waals surface area contributed by atoms with Crippen molar-refractivity contribution in [2.24, 2.45) is 0 Å². The van der Waals surface area contributed by atoms with Crippen molar-refractivity contribution in [2.75, 3.05) is 17.7 Å². The van der Waals surface area contributed by atoms with Gasteiger partial charge in [0.15, 0.2) is 0 Å². The molecule has 3 rings (SSSR count). The zero-order chi connectivity index (χ0) is 17.0. The van der Waals surface area contributed by atoms with Crippen molar-refractivity contribution >= 4 is 29.4 Å². The number of anilines is 1. The minimum Gasteiger partial charge on any atom is -0.444 e. The molecule has 6 nitrogen and oxygen atoms in total. The highest BCUT2D eigenvalue weighted by Crippen LogP contribution is 2.55. The lowest BCUT2D eigenvalue weighted by Gasteiger charge is -2.35. The largest absolute Gasteiger partial charge is 0.444 e. The van der Waals surface area contributed by atoms with Crippen molar-refractivity contribution in [1.29, 1.82) is 0 Å². The van der Waals surface area contributed by atoms with Crippen LogP contribution < -0.4 is 4.90 Å². The topological polar surface area (TPSA) is 70.1 Å². The maximum absolute atomic E-state index is 13.0. The summed E-state index contributed by atoms with van der Waals surface area (Å²) in [5, 5.41) is 10.3. The Morgan fingerprint density at radius 1 is 1.39 bits per heavy atom. The van der Waals surface area contributed by atoms with Crippen LogP contribution in [0.15, 0.2) is 24.3 Å². The van der Waals surface area contributed by atoms with Gasteiger partial charge >= 0.3 is 6.09 Å². The molecule has 1 fully saturated rings. The van der Waals surface area contributed by atoms with Crippen molar-refractivity contribution in [3.05, 3.63) is 29.8 Å².